The number of rotatable bonds is 5. The largest absolute Gasteiger partial charge is 0.464 e. The maximum Gasteiger partial charge on any atom is 0.342 e. The Balaban J connectivity index is 0.00000400. The lowest BCUT2D eigenvalue weighted by Gasteiger charge is -2.23. The molecule has 0 fully saturated rings. The van der Waals surface area contributed by atoms with Crippen molar-refractivity contribution in [2.24, 2.45) is 5.73 Å². The molecule has 1 rings (SSSR count). The molecule has 1 unspecified atom stereocenters. The maximum absolute atomic E-state index is 14.1. The van der Waals surface area contributed by atoms with Crippen LogP contribution in [-0.4, -0.2) is 23.5 Å². The van der Waals surface area contributed by atoms with Gasteiger partial charge >= 0.3 is 5.97 Å². The molecule has 0 saturated heterocycles. The summed E-state index contributed by atoms with van der Waals surface area (Å²) in [5.41, 5.74) is 6.53. The van der Waals surface area contributed by atoms with Crippen LogP contribution < -0.4 is 5.73 Å². The van der Waals surface area contributed by atoms with Crippen molar-refractivity contribution in [3.05, 3.63) is 29.8 Å². The first kappa shape index (κ1) is 20.2. The maximum atomic E-state index is 14.1. The van der Waals surface area contributed by atoms with Crippen LogP contribution in [0.1, 0.15) is 39.3 Å². The smallest absolute Gasteiger partial charge is 0.342 e. The molecule has 0 spiro atoms. The topological polar surface area (TPSA) is 52.3 Å². The highest BCUT2D eigenvalue weighted by molar-refractivity contribution is 8.00. The quantitative estimate of drug-likeness (QED) is 0.655. The molecule has 0 heterocycles. The van der Waals surface area contributed by atoms with Crippen molar-refractivity contribution in [2.75, 3.05) is 6.61 Å². The molecule has 0 aliphatic carbocycles. The van der Waals surface area contributed by atoms with Crippen molar-refractivity contribution in [1.82, 2.24) is 0 Å². The zero-order valence-electron chi connectivity index (χ0n) is 12.8. The Morgan fingerprint density at radius 3 is 2.48 bits per heavy atom. The van der Waals surface area contributed by atoms with Gasteiger partial charge in [-0.1, -0.05) is 39.0 Å². The summed E-state index contributed by atoms with van der Waals surface area (Å²) in [6.07, 6.45) is -1.85. The van der Waals surface area contributed by atoms with E-state index in [9.17, 15) is 9.18 Å². The van der Waals surface area contributed by atoms with Crippen molar-refractivity contribution < 1.29 is 13.9 Å². The third kappa shape index (κ3) is 6.24. The highest BCUT2D eigenvalue weighted by atomic mass is 35.5. The Hall–Kier alpha value is -0.780. The summed E-state index contributed by atoms with van der Waals surface area (Å²) in [6.45, 7) is 7.98. The summed E-state index contributed by atoms with van der Waals surface area (Å²) in [5.74, 6) is -0.907. The summed E-state index contributed by atoms with van der Waals surface area (Å²) in [6, 6.07) is 6.30. The van der Waals surface area contributed by atoms with Gasteiger partial charge in [0.1, 0.15) is 0 Å². The van der Waals surface area contributed by atoms with Gasteiger partial charge in [0.2, 0.25) is 6.17 Å². The third-order valence-corrected chi connectivity index (χ3v) is 3.73. The molecule has 21 heavy (non-hydrogen) atoms. The molecule has 120 valence electrons. The van der Waals surface area contributed by atoms with E-state index in [2.05, 4.69) is 25.5 Å². The molecule has 0 aromatic heterocycles. The summed E-state index contributed by atoms with van der Waals surface area (Å²) in [5, 5.41) is 0. The molecular weight excluding hydrogens is 313 g/mol. The van der Waals surface area contributed by atoms with Crippen LogP contribution in [0.5, 0.6) is 0 Å². The first-order chi connectivity index (χ1) is 9.26. The molecule has 0 radical (unpaired) electrons. The van der Waals surface area contributed by atoms with Gasteiger partial charge in [0.05, 0.1) is 12.6 Å². The molecule has 0 bridgehead atoms. The second-order valence-corrected chi connectivity index (χ2v) is 7.30. The second kappa shape index (κ2) is 8.61. The minimum Gasteiger partial charge on any atom is -0.464 e. The fraction of sp³-hybridized carbons (Fsp3) is 0.533. The lowest BCUT2D eigenvalue weighted by molar-refractivity contribution is -0.149. The molecule has 1 aromatic carbocycles. The Morgan fingerprint density at radius 2 is 1.95 bits per heavy atom. The number of thioether (sulfide) groups is 1. The van der Waals surface area contributed by atoms with Gasteiger partial charge in [-0.2, -0.15) is 0 Å². The van der Waals surface area contributed by atoms with Gasteiger partial charge in [0, 0.05) is 9.64 Å². The lowest BCUT2D eigenvalue weighted by atomic mass is 10.0. The summed E-state index contributed by atoms with van der Waals surface area (Å²) in [4.78, 5) is 12.4. The number of esters is 1. The average Bonchev–Trinajstić information content (AvgIpc) is 2.36. The van der Waals surface area contributed by atoms with Crippen molar-refractivity contribution >= 4 is 30.1 Å². The SMILES string of the molecule is CCOC(=O)C(F)[C@H](N)c1ccccc1SC(C)(C)C.Cl. The summed E-state index contributed by atoms with van der Waals surface area (Å²) in [7, 11) is 0. The van der Waals surface area contributed by atoms with Crippen molar-refractivity contribution in [2.45, 2.75) is 49.6 Å². The summed E-state index contributed by atoms with van der Waals surface area (Å²) < 4.78 is 18.7. The predicted molar refractivity (Wildman–Crippen MR) is 87.8 cm³/mol. The van der Waals surface area contributed by atoms with Crippen LogP contribution in [0.4, 0.5) is 4.39 Å². The van der Waals surface area contributed by atoms with E-state index in [-0.39, 0.29) is 23.8 Å². The van der Waals surface area contributed by atoms with Crippen molar-refractivity contribution in [1.29, 1.82) is 0 Å². The number of halogens is 2. The number of nitrogens with two attached hydrogens (primary N) is 1. The molecule has 6 heteroatoms. The third-order valence-electron chi connectivity index (χ3n) is 2.52. The van der Waals surface area contributed by atoms with E-state index in [0.29, 0.717) is 5.56 Å². The van der Waals surface area contributed by atoms with Crippen LogP contribution in [0.15, 0.2) is 29.2 Å². The Labute approximate surface area is 136 Å². The Bertz CT molecular complexity index is 465. The Kier molecular flexibility index (Phi) is 8.29. The molecule has 0 saturated carbocycles. The van der Waals surface area contributed by atoms with Crippen molar-refractivity contribution in [3.8, 4) is 0 Å². The van der Waals surface area contributed by atoms with Gasteiger partial charge in [0.15, 0.2) is 0 Å². The van der Waals surface area contributed by atoms with Crippen molar-refractivity contribution in [3.63, 3.8) is 0 Å². The molecule has 2 N–H and O–H groups in total. The van der Waals surface area contributed by atoms with E-state index in [4.69, 9.17) is 5.73 Å². The summed E-state index contributed by atoms with van der Waals surface area (Å²) >= 11 is 1.60. The van der Waals surface area contributed by atoms with Gasteiger partial charge in [-0.25, -0.2) is 9.18 Å². The standard InChI is InChI=1S/C15H22FNO2S.ClH/c1-5-19-14(18)12(16)13(17)10-8-6-7-9-11(10)20-15(2,3)4;/h6-9,12-13H,5,17H2,1-4H3;1H/t12?,13-;/m1./s1. The van der Waals surface area contributed by atoms with Crippen LogP contribution in [0.25, 0.3) is 0 Å². The highest BCUT2D eigenvalue weighted by Crippen LogP contribution is 2.36. The molecular formula is C15H23ClFNO2S. The van der Waals surface area contributed by atoms with E-state index in [1.807, 2.05) is 12.1 Å². The number of benzene rings is 1. The zero-order valence-corrected chi connectivity index (χ0v) is 14.4. The molecule has 0 amide bonds. The lowest BCUT2D eigenvalue weighted by Crippen LogP contribution is -2.32. The van der Waals surface area contributed by atoms with Gasteiger partial charge in [0.25, 0.3) is 0 Å². The number of hydrogen-bond donors (Lipinski definition) is 1. The number of hydrogen-bond acceptors (Lipinski definition) is 4. The number of carbonyl (C=O) groups is 1. The molecule has 3 nitrogen and oxygen atoms in total. The van der Waals surface area contributed by atoms with Crippen LogP contribution in [-0.2, 0) is 9.53 Å². The Morgan fingerprint density at radius 1 is 1.38 bits per heavy atom. The number of carbonyl (C=O) groups excluding carboxylic acids is 1. The van der Waals surface area contributed by atoms with E-state index in [1.165, 1.54) is 0 Å². The van der Waals surface area contributed by atoms with Crippen LogP contribution in [0.2, 0.25) is 0 Å². The minimum absolute atomic E-state index is 0. The van der Waals surface area contributed by atoms with E-state index in [1.54, 1.807) is 30.8 Å². The first-order valence-corrected chi connectivity index (χ1v) is 7.42. The van der Waals surface area contributed by atoms with Gasteiger partial charge in [-0.15, -0.1) is 24.2 Å². The fourth-order valence-electron chi connectivity index (χ4n) is 1.70. The molecule has 2 atom stereocenters. The van der Waals surface area contributed by atoms with Gasteiger partial charge in [-0.3, -0.25) is 0 Å². The van der Waals surface area contributed by atoms with Crippen LogP contribution in [0, 0.1) is 0 Å². The number of alkyl halides is 1. The highest BCUT2D eigenvalue weighted by Gasteiger charge is 2.30. The number of ether oxygens (including phenoxy) is 1. The molecule has 0 aliphatic rings. The average molecular weight is 336 g/mol. The van der Waals surface area contributed by atoms with Crippen LogP contribution in [0.3, 0.4) is 0 Å². The normalized spacial score (nSPS) is 14.0. The zero-order chi connectivity index (χ0) is 15.3. The predicted octanol–water partition coefficient (Wildman–Crippen LogP) is 3.90. The van der Waals surface area contributed by atoms with Gasteiger partial charge in [-0.05, 0) is 18.6 Å². The van der Waals surface area contributed by atoms with E-state index >= 15 is 0 Å². The molecule has 0 aliphatic heterocycles. The minimum atomic E-state index is -1.85. The second-order valence-electron chi connectivity index (χ2n) is 5.43. The molecule has 1 aromatic rings. The monoisotopic (exact) mass is 335 g/mol. The fourth-order valence-corrected chi connectivity index (χ4v) is 2.83. The van der Waals surface area contributed by atoms with E-state index in [0.717, 1.165) is 4.90 Å². The van der Waals surface area contributed by atoms with Crippen LogP contribution >= 0.6 is 24.2 Å². The van der Waals surface area contributed by atoms with Gasteiger partial charge < -0.3 is 10.5 Å². The van der Waals surface area contributed by atoms with E-state index < -0.39 is 18.2 Å². The first-order valence-electron chi connectivity index (χ1n) is 6.60.